The van der Waals surface area contributed by atoms with E-state index in [-0.39, 0.29) is 17.6 Å². The van der Waals surface area contributed by atoms with Gasteiger partial charge in [0.1, 0.15) is 6.04 Å². The van der Waals surface area contributed by atoms with Crippen LogP contribution in [0.15, 0.2) is 0 Å². The van der Waals surface area contributed by atoms with Crippen LogP contribution in [0.25, 0.3) is 0 Å². The average molecular weight is 318 g/mol. The van der Waals surface area contributed by atoms with Crippen LogP contribution in [0.2, 0.25) is 0 Å². The van der Waals surface area contributed by atoms with Gasteiger partial charge in [0.25, 0.3) is 0 Å². The van der Waals surface area contributed by atoms with Crippen LogP contribution in [0.3, 0.4) is 0 Å². The molecule has 1 N–H and O–H groups in total. The summed E-state index contributed by atoms with van der Waals surface area (Å²) in [5.41, 5.74) is 0. The van der Waals surface area contributed by atoms with Crippen LogP contribution in [0.4, 0.5) is 0 Å². The Balaban J connectivity index is 2.08. The van der Waals surface area contributed by atoms with Gasteiger partial charge in [0, 0.05) is 19.6 Å². The monoisotopic (exact) mass is 318 g/mol. The van der Waals surface area contributed by atoms with E-state index >= 15 is 0 Å². The van der Waals surface area contributed by atoms with E-state index in [1.165, 1.54) is 4.31 Å². The summed E-state index contributed by atoms with van der Waals surface area (Å²) in [4.78, 5) is 14.3. The lowest BCUT2D eigenvalue weighted by Crippen LogP contribution is -2.53. The highest BCUT2D eigenvalue weighted by Gasteiger charge is 2.41. The third-order valence-electron chi connectivity index (χ3n) is 4.54. The van der Waals surface area contributed by atoms with Crippen molar-refractivity contribution in [2.24, 2.45) is 5.92 Å². The van der Waals surface area contributed by atoms with Crippen LogP contribution in [0.1, 0.15) is 39.5 Å². The zero-order valence-electron chi connectivity index (χ0n) is 12.9. The maximum absolute atomic E-state index is 12.6. The molecule has 0 aromatic carbocycles. The average Bonchev–Trinajstić information content (AvgIpc) is 2.91. The topological polar surface area (TPSA) is 77.9 Å². The first-order chi connectivity index (χ1) is 9.86. The summed E-state index contributed by atoms with van der Waals surface area (Å²) in [6.45, 7) is 5.16. The molecule has 3 atom stereocenters. The Labute approximate surface area is 127 Å². The first-order valence-corrected chi connectivity index (χ1v) is 9.44. The highest BCUT2D eigenvalue weighted by Crippen LogP contribution is 2.26. The summed E-state index contributed by atoms with van der Waals surface area (Å²) in [7, 11) is -3.34. The maximum Gasteiger partial charge on any atom is 0.241 e. The number of nitrogens with zero attached hydrogens (tertiary/aromatic N) is 2. The normalized spacial score (nSPS) is 31.6. The summed E-state index contributed by atoms with van der Waals surface area (Å²) in [6.07, 6.45) is 2.13. The summed E-state index contributed by atoms with van der Waals surface area (Å²) >= 11 is 0. The highest BCUT2D eigenvalue weighted by molar-refractivity contribution is 7.89. The lowest BCUT2D eigenvalue weighted by molar-refractivity contribution is -0.138. The molecule has 0 aromatic heterocycles. The molecular formula is C14H26N2O4S. The molecule has 0 aliphatic carbocycles. The standard InChI is InChI=1S/C14H26N2O4S/c1-3-9-21(19,20)16-7-4-5-12(16)14(18)15-8-6-11(2)13(17)10-15/h11-13,17H,3-10H2,1-2H3. The van der Waals surface area contributed by atoms with Crippen molar-refractivity contribution in [2.75, 3.05) is 25.4 Å². The Morgan fingerprint density at radius 2 is 2.00 bits per heavy atom. The molecular weight excluding hydrogens is 292 g/mol. The Bertz CT molecular complexity index is 479. The van der Waals surface area contributed by atoms with E-state index < -0.39 is 22.2 Å². The predicted octanol–water partition coefficient (Wildman–Crippen LogP) is 0.420. The number of rotatable bonds is 4. The molecule has 2 aliphatic heterocycles. The van der Waals surface area contributed by atoms with Crippen LogP contribution in [-0.4, -0.2) is 66.2 Å². The third-order valence-corrected chi connectivity index (χ3v) is 6.61. The molecule has 2 rings (SSSR count). The number of hydrogen-bond donors (Lipinski definition) is 1. The fraction of sp³-hybridized carbons (Fsp3) is 0.929. The van der Waals surface area contributed by atoms with E-state index in [1.54, 1.807) is 4.90 Å². The van der Waals surface area contributed by atoms with Gasteiger partial charge in [-0.05, 0) is 31.6 Å². The Morgan fingerprint density at radius 3 is 2.62 bits per heavy atom. The molecule has 3 unspecified atom stereocenters. The fourth-order valence-electron chi connectivity index (χ4n) is 3.15. The fourth-order valence-corrected chi connectivity index (χ4v) is 4.90. The Kier molecular flexibility index (Phi) is 5.27. The second-order valence-electron chi connectivity index (χ2n) is 6.20. The molecule has 0 radical (unpaired) electrons. The SMILES string of the molecule is CCCS(=O)(=O)N1CCCC1C(=O)N1CCC(C)C(O)C1. The quantitative estimate of drug-likeness (QED) is 0.815. The lowest BCUT2D eigenvalue weighted by atomic mass is 9.95. The first kappa shape index (κ1) is 16.7. The van der Waals surface area contributed by atoms with Crippen LogP contribution in [-0.2, 0) is 14.8 Å². The van der Waals surface area contributed by atoms with Crippen LogP contribution >= 0.6 is 0 Å². The van der Waals surface area contributed by atoms with Crippen molar-refractivity contribution >= 4 is 15.9 Å². The predicted molar refractivity (Wildman–Crippen MR) is 80.2 cm³/mol. The van der Waals surface area contributed by atoms with Crippen molar-refractivity contribution < 1.29 is 18.3 Å². The van der Waals surface area contributed by atoms with Crippen molar-refractivity contribution in [3.63, 3.8) is 0 Å². The van der Waals surface area contributed by atoms with Gasteiger partial charge in [-0.2, -0.15) is 4.31 Å². The minimum absolute atomic E-state index is 0.0937. The largest absolute Gasteiger partial charge is 0.391 e. The van der Waals surface area contributed by atoms with Crippen LogP contribution in [0, 0.1) is 5.92 Å². The molecule has 2 saturated heterocycles. The molecule has 1 amide bonds. The van der Waals surface area contributed by atoms with Crippen molar-refractivity contribution in [3.8, 4) is 0 Å². The van der Waals surface area contributed by atoms with E-state index in [1.807, 2.05) is 13.8 Å². The molecule has 6 nitrogen and oxygen atoms in total. The number of piperidine rings is 1. The molecule has 0 bridgehead atoms. The molecule has 0 saturated carbocycles. The van der Waals surface area contributed by atoms with Crippen molar-refractivity contribution in [1.29, 1.82) is 0 Å². The number of hydrogen-bond acceptors (Lipinski definition) is 4. The molecule has 122 valence electrons. The van der Waals surface area contributed by atoms with Gasteiger partial charge in [-0.1, -0.05) is 13.8 Å². The molecule has 0 aromatic rings. The Morgan fingerprint density at radius 1 is 1.29 bits per heavy atom. The van der Waals surface area contributed by atoms with Gasteiger partial charge in [0.05, 0.1) is 11.9 Å². The van der Waals surface area contributed by atoms with Gasteiger partial charge in [-0.3, -0.25) is 4.79 Å². The number of aliphatic hydroxyl groups excluding tert-OH is 1. The summed E-state index contributed by atoms with van der Waals surface area (Å²) in [5, 5.41) is 9.92. The van der Waals surface area contributed by atoms with Crippen LogP contribution < -0.4 is 0 Å². The lowest BCUT2D eigenvalue weighted by Gasteiger charge is -2.37. The second kappa shape index (κ2) is 6.62. The van der Waals surface area contributed by atoms with Gasteiger partial charge in [0.2, 0.25) is 15.9 Å². The zero-order valence-corrected chi connectivity index (χ0v) is 13.7. The number of carbonyl (C=O) groups is 1. The van der Waals surface area contributed by atoms with Crippen molar-refractivity contribution in [2.45, 2.75) is 51.7 Å². The third kappa shape index (κ3) is 3.57. The second-order valence-corrected chi connectivity index (χ2v) is 8.24. The van der Waals surface area contributed by atoms with Gasteiger partial charge in [-0.15, -0.1) is 0 Å². The van der Waals surface area contributed by atoms with E-state index in [0.29, 0.717) is 32.5 Å². The number of carbonyl (C=O) groups excluding carboxylic acids is 1. The first-order valence-electron chi connectivity index (χ1n) is 7.83. The highest BCUT2D eigenvalue weighted by atomic mass is 32.2. The van der Waals surface area contributed by atoms with Gasteiger partial charge in [-0.25, -0.2) is 8.42 Å². The molecule has 7 heteroatoms. The summed E-state index contributed by atoms with van der Waals surface area (Å²) in [6, 6.07) is -0.567. The number of amides is 1. The molecule has 0 spiro atoms. The van der Waals surface area contributed by atoms with Gasteiger partial charge in [0.15, 0.2) is 0 Å². The smallest absolute Gasteiger partial charge is 0.241 e. The Hall–Kier alpha value is -0.660. The number of likely N-dealkylation sites (tertiary alicyclic amines) is 1. The minimum Gasteiger partial charge on any atom is -0.391 e. The van der Waals surface area contributed by atoms with E-state index in [4.69, 9.17) is 0 Å². The minimum atomic E-state index is -3.34. The van der Waals surface area contributed by atoms with Gasteiger partial charge >= 0.3 is 0 Å². The van der Waals surface area contributed by atoms with E-state index in [9.17, 15) is 18.3 Å². The van der Waals surface area contributed by atoms with Crippen LogP contribution in [0.5, 0.6) is 0 Å². The van der Waals surface area contributed by atoms with Gasteiger partial charge < -0.3 is 10.0 Å². The van der Waals surface area contributed by atoms with Crippen molar-refractivity contribution in [1.82, 2.24) is 9.21 Å². The summed E-state index contributed by atoms with van der Waals surface area (Å²) < 4.78 is 25.9. The van der Waals surface area contributed by atoms with E-state index in [0.717, 1.165) is 12.8 Å². The number of sulfonamides is 1. The molecule has 2 fully saturated rings. The number of aliphatic hydroxyl groups is 1. The number of β-amino-alcohol motifs (C(OH)–C–C–N with tert-alkyl or cyclic N) is 1. The molecule has 2 aliphatic rings. The molecule has 2 heterocycles. The molecule has 21 heavy (non-hydrogen) atoms. The summed E-state index contributed by atoms with van der Waals surface area (Å²) in [5.74, 6) is 0.145. The maximum atomic E-state index is 12.6. The zero-order chi connectivity index (χ0) is 15.6. The van der Waals surface area contributed by atoms with E-state index in [2.05, 4.69) is 0 Å². The van der Waals surface area contributed by atoms with Crippen molar-refractivity contribution in [3.05, 3.63) is 0 Å².